The second-order valence-corrected chi connectivity index (χ2v) is 13.8. The number of benzene rings is 2. The van der Waals surface area contributed by atoms with Gasteiger partial charge in [-0.3, -0.25) is 14.4 Å². The van der Waals surface area contributed by atoms with E-state index in [1.807, 2.05) is 67.6 Å². The first-order chi connectivity index (χ1) is 24.9. The van der Waals surface area contributed by atoms with E-state index in [4.69, 9.17) is 19.3 Å². The Morgan fingerprint density at radius 2 is 1.00 bits per heavy atom. The number of rotatable bonds is 15. The number of hydrogen-bond donors (Lipinski definition) is 2. The van der Waals surface area contributed by atoms with Crippen molar-refractivity contribution in [2.24, 2.45) is 16.2 Å². The Kier molecular flexibility index (Phi) is 26.3. The van der Waals surface area contributed by atoms with Crippen LogP contribution in [0.3, 0.4) is 0 Å². The zero-order valence-corrected chi connectivity index (χ0v) is 35.1. The highest BCUT2D eigenvalue weighted by Gasteiger charge is 2.49. The van der Waals surface area contributed by atoms with E-state index >= 15 is 0 Å². The molecule has 2 unspecified atom stereocenters. The SMILES string of the molecule is C=C(C)C(=O)O.C=C(C)C(=O)OC.C=C(C)C(=O)OCc1ccccc1.CCC(C)(CC(C)(CC(C)(C)C(=O)OC)C(=O)O)C(=O)OCc1ccccc1.[PH2-]. The molecule has 55 heavy (non-hydrogen) atoms. The van der Waals surface area contributed by atoms with E-state index in [2.05, 4.69) is 24.5 Å². The summed E-state index contributed by atoms with van der Waals surface area (Å²) < 4.78 is 19.5. The molecule has 0 aliphatic carbocycles. The second kappa shape index (κ2) is 26.6. The average Bonchev–Trinajstić information content (AvgIpc) is 3.13. The molecule has 0 bridgehead atoms. The minimum Gasteiger partial charge on any atom is -0.577 e. The fraction of sp³-hybridized carbons (Fsp3) is 0.429. The molecule has 2 N–H and O–H groups in total. The number of hydrogen-bond acceptors (Lipinski definition) is 10. The van der Waals surface area contributed by atoms with Crippen LogP contribution in [0, 0.1) is 16.2 Å². The van der Waals surface area contributed by atoms with Gasteiger partial charge >= 0.3 is 35.8 Å². The summed E-state index contributed by atoms with van der Waals surface area (Å²) in [5, 5.41) is 17.8. The van der Waals surface area contributed by atoms with Gasteiger partial charge in [0, 0.05) is 16.7 Å². The van der Waals surface area contributed by atoms with Crippen molar-refractivity contribution in [3.8, 4) is 0 Å². The summed E-state index contributed by atoms with van der Waals surface area (Å²) >= 11 is 0. The smallest absolute Gasteiger partial charge is 0.333 e. The number of aliphatic carboxylic acids is 2. The van der Waals surface area contributed by atoms with E-state index in [9.17, 15) is 33.9 Å². The van der Waals surface area contributed by atoms with Crippen molar-refractivity contribution < 1.29 is 57.9 Å². The Morgan fingerprint density at radius 3 is 1.29 bits per heavy atom. The van der Waals surface area contributed by atoms with E-state index in [1.165, 1.54) is 21.1 Å². The summed E-state index contributed by atoms with van der Waals surface area (Å²) in [6.07, 6.45) is 0.519. The summed E-state index contributed by atoms with van der Waals surface area (Å²) in [7, 11) is 2.61. The minimum atomic E-state index is -1.30. The Balaban J connectivity index is -0.000000818. The number of carbonyl (C=O) groups excluding carboxylic acids is 4. The minimum absolute atomic E-state index is 0. The first kappa shape index (κ1) is 54.3. The molecule has 0 aliphatic rings. The van der Waals surface area contributed by atoms with Crippen molar-refractivity contribution in [1.82, 2.24) is 0 Å². The Bertz CT molecular complexity index is 1570. The standard InChI is InChI=1S/C22H32O6.C11H12O2.C5H8O2.C4H6O2.H2P/c1-7-21(4,19(26)28-13-16-11-9-8-10-12-16)15-22(5,17(23)24)14-20(2,3)18(25)27-6;1-9(2)11(12)13-8-10-6-4-3-5-7-10;1-4(2)5(6)7-3;1-3(2)4(5)6;/h8-12H,7,13-15H2,1-6H3,(H,23,24);3-7H,1,8H2,2H3;1H2,2-3H3;1H2,2H3,(H,5,6);1H2/q;;;;-1. The van der Waals surface area contributed by atoms with Crippen LogP contribution in [0.15, 0.2) is 97.1 Å². The third-order valence-electron chi connectivity index (χ3n) is 7.81. The van der Waals surface area contributed by atoms with Crippen LogP contribution < -0.4 is 0 Å². The van der Waals surface area contributed by atoms with Gasteiger partial charge in [0.05, 0.1) is 30.5 Å². The Morgan fingerprint density at radius 1 is 0.600 bits per heavy atom. The largest absolute Gasteiger partial charge is 0.577 e. The fourth-order valence-corrected chi connectivity index (χ4v) is 4.66. The quantitative estimate of drug-likeness (QED) is 0.0765. The fourth-order valence-electron chi connectivity index (χ4n) is 4.66. The monoisotopic (exact) mass is 787 g/mol. The molecule has 0 fully saturated rings. The van der Waals surface area contributed by atoms with E-state index in [0.717, 1.165) is 11.1 Å². The molecular weight excluding hydrogens is 727 g/mol. The molecule has 2 aromatic rings. The van der Waals surface area contributed by atoms with Gasteiger partial charge in [-0.25, -0.2) is 14.4 Å². The van der Waals surface area contributed by atoms with Crippen LogP contribution in [0.2, 0.25) is 0 Å². The zero-order valence-electron chi connectivity index (χ0n) is 34.0. The molecule has 306 valence electrons. The predicted octanol–water partition coefficient (Wildman–Crippen LogP) is 8.23. The average molecular weight is 788 g/mol. The van der Waals surface area contributed by atoms with Gasteiger partial charge in [0.25, 0.3) is 0 Å². The van der Waals surface area contributed by atoms with Gasteiger partial charge in [0.2, 0.25) is 0 Å². The van der Waals surface area contributed by atoms with Crippen LogP contribution in [0.5, 0.6) is 0 Å². The molecular formula is C42H60O12P-. The summed E-state index contributed by atoms with van der Waals surface area (Å²) in [6, 6.07) is 18.9. The van der Waals surface area contributed by atoms with Crippen LogP contribution in [-0.2, 0) is 60.9 Å². The molecule has 0 amide bonds. The molecule has 0 heterocycles. The van der Waals surface area contributed by atoms with E-state index in [0.29, 0.717) is 24.2 Å². The van der Waals surface area contributed by atoms with Gasteiger partial charge in [0.15, 0.2) is 0 Å². The first-order valence-electron chi connectivity index (χ1n) is 16.9. The third-order valence-corrected chi connectivity index (χ3v) is 7.81. The van der Waals surface area contributed by atoms with Gasteiger partial charge in [-0.2, -0.15) is 0 Å². The highest BCUT2D eigenvalue weighted by Crippen LogP contribution is 2.45. The van der Waals surface area contributed by atoms with Crippen LogP contribution in [0.4, 0.5) is 0 Å². The highest BCUT2D eigenvalue weighted by molar-refractivity contribution is 6.92. The normalized spacial score (nSPS) is 12.0. The van der Waals surface area contributed by atoms with Crippen molar-refractivity contribution >= 4 is 45.7 Å². The maximum Gasteiger partial charge on any atom is 0.333 e. The van der Waals surface area contributed by atoms with E-state index in [-0.39, 0.29) is 46.9 Å². The molecule has 0 aromatic heterocycles. The molecule has 2 aromatic carbocycles. The molecule has 0 saturated carbocycles. The maximum absolute atomic E-state index is 12.8. The number of ether oxygens (including phenoxy) is 4. The van der Waals surface area contributed by atoms with Crippen LogP contribution in [0.1, 0.15) is 85.8 Å². The third kappa shape index (κ3) is 22.0. The lowest BCUT2D eigenvalue weighted by atomic mass is 9.65. The lowest BCUT2D eigenvalue weighted by Crippen LogP contribution is -2.43. The second-order valence-electron chi connectivity index (χ2n) is 13.8. The summed E-state index contributed by atoms with van der Waals surface area (Å²) in [4.78, 5) is 67.8. The van der Waals surface area contributed by atoms with Gasteiger partial charge < -0.3 is 39.1 Å². The van der Waals surface area contributed by atoms with E-state index in [1.54, 1.807) is 41.5 Å². The van der Waals surface area contributed by atoms with Crippen LogP contribution in [0.25, 0.3) is 0 Å². The summed E-state index contributed by atoms with van der Waals surface area (Å²) in [6.45, 7) is 23.5. The number of carbonyl (C=O) groups is 6. The predicted molar refractivity (Wildman–Crippen MR) is 215 cm³/mol. The summed E-state index contributed by atoms with van der Waals surface area (Å²) in [5.41, 5.74) is -0.403. The van der Waals surface area contributed by atoms with Crippen LogP contribution >= 0.6 is 9.90 Å². The lowest BCUT2D eigenvalue weighted by molar-refractivity contribution is -0.165. The number of carboxylic acid groups (broad SMARTS) is 2. The van der Waals surface area contributed by atoms with Crippen molar-refractivity contribution in [2.45, 2.75) is 87.9 Å². The van der Waals surface area contributed by atoms with Crippen molar-refractivity contribution in [3.05, 3.63) is 108 Å². The first-order valence-corrected chi connectivity index (χ1v) is 16.9. The topological polar surface area (TPSA) is 180 Å². The molecule has 2 rings (SSSR count). The molecule has 0 spiro atoms. The van der Waals surface area contributed by atoms with Crippen molar-refractivity contribution in [1.29, 1.82) is 0 Å². The molecule has 0 aliphatic heterocycles. The molecule has 0 radical (unpaired) electrons. The van der Waals surface area contributed by atoms with Gasteiger partial charge in [0.1, 0.15) is 13.2 Å². The summed E-state index contributed by atoms with van der Waals surface area (Å²) in [5.74, 6) is -3.61. The highest BCUT2D eigenvalue weighted by atomic mass is 31.0. The van der Waals surface area contributed by atoms with Gasteiger partial charge in [-0.05, 0) is 78.9 Å². The maximum atomic E-state index is 12.8. The van der Waals surface area contributed by atoms with Crippen molar-refractivity contribution in [2.75, 3.05) is 14.2 Å². The molecule has 12 nitrogen and oxygen atoms in total. The van der Waals surface area contributed by atoms with E-state index < -0.39 is 40.1 Å². The number of esters is 4. The zero-order chi connectivity index (χ0) is 42.3. The number of carboxylic acids is 2. The molecule has 2 atom stereocenters. The van der Waals surface area contributed by atoms with Crippen molar-refractivity contribution in [3.63, 3.8) is 0 Å². The molecule has 13 heteroatoms. The number of methoxy groups -OCH3 is 2. The Labute approximate surface area is 329 Å². The van der Waals surface area contributed by atoms with Crippen LogP contribution in [-0.4, -0.2) is 60.2 Å². The van der Waals surface area contributed by atoms with Gasteiger partial charge in [-0.1, -0.05) is 87.3 Å². The molecule has 0 saturated heterocycles. The van der Waals surface area contributed by atoms with Gasteiger partial charge in [-0.15, -0.1) is 0 Å². The Hall–Kier alpha value is -5.09. The lowest BCUT2D eigenvalue weighted by Gasteiger charge is -2.38.